The lowest BCUT2D eigenvalue weighted by molar-refractivity contribution is 0.0525. The van der Waals surface area contributed by atoms with Crippen molar-refractivity contribution < 1.29 is 9.53 Å². The Morgan fingerprint density at radius 2 is 2.22 bits per heavy atom. The molecule has 100 valence electrons. The zero-order valence-corrected chi connectivity index (χ0v) is 12.7. The molecular formula is C13H19BrN2O2. The van der Waals surface area contributed by atoms with Crippen molar-refractivity contribution in [2.45, 2.75) is 39.2 Å². The van der Waals surface area contributed by atoms with Crippen LogP contribution in [-0.4, -0.2) is 23.2 Å². The third-order valence-corrected chi connectivity index (χ3v) is 2.95. The van der Waals surface area contributed by atoms with Crippen molar-refractivity contribution in [3.05, 3.63) is 28.5 Å². The molecule has 1 unspecified atom stereocenters. The fourth-order valence-corrected chi connectivity index (χ4v) is 2.09. The van der Waals surface area contributed by atoms with Gasteiger partial charge in [-0.2, -0.15) is 0 Å². The summed E-state index contributed by atoms with van der Waals surface area (Å²) >= 11 is 3.45. The summed E-state index contributed by atoms with van der Waals surface area (Å²) in [6, 6.07) is 1.94. The Labute approximate surface area is 116 Å². The maximum Gasteiger partial charge on any atom is 0.407 e. The van der Waals surface area contributed by atoms with Crippen LogP contribution in [0.25, 0.3) is 0 Å². The minimum atomic E-state index is -0.468. The molecule has 18 heavy (non-hydrogen) atoms. The number of aromatic nitrogens is 1. The topological polar surface area (TPSA) is 51.2 Å². The summed E-state index contributed by atoms with van der Waals surface area (Å²) in [6.07, 6.45) is 3.10. The second-order valence-corrected chi connectivity index (χ2v) is 6.04. The molecule has 0 bridgehead atoms. The number of alkyl carbamates (subject to hydrolysis) is 1. The molecule has 0 aliphatic carbocycles. The van der Waals surface area contributed by atoms with Gasteiger partial charge in [0.15, 0.2) is 0 Å². The lowest BCUT2D eigenvalue weighted by Crippen LogP contribution is -2.34. The standard InChI is InChI=1S/C13H19BrN2O2/c1-9(10-5-6-15-8-11(10)14)7-16-12(17)18-13(2,3)4/h5-6,8-9H,7H2,1-4H3,(H,16,17). The van der Waals surface area contributed by atoms with Crippen molar-refractivity contribution in [2.75, 3.05) is 6.54 Å². The summed E-state index contributed by atoms with van der Waals surface area (Å²) in [5, 5.41) is 2.76. The molecule has 0 spiro atoms. The Balaban J connectivity index is 2.49. The molecular weight excluding hydrogens is 296 g/mol. The molecule has 4 nitrogen and oxygen atoms in total. The molecule has 1 rings (SSSR count). The van der Waals surface area contributed by atoms with Gasteiger partial charge >= 0.3 is 6.09 Å². The van der Waals surface area contributed by atoms with Gasteiger partial charge in [-0.25, -0.2) is 4.79 Å². The van der Waals surface area contributed by atoms with Crippen molar-refractivity contribution in [3.63, 3.8) is 0 Å². The number of nitrogens with zero attached hydrogens (tertiary/aromatic N) is 1. The molecule has 0 aromatic carbocycles. The molecule has 1 heterocycles. The van der Waals surface area contributed by atoms with Crippen molar-refractivity contribution in [1.82, 2.24) is 10.3 Å². The summed E-state index contributed by atoms with van der Waals surface area (Å²) in [5.74, 6) is 0.190. The number of pyridine rings is 1. The van der Waals surface area contributed by atoms with Crippen LogP contribution in [0.15, 0.2) is 22.9 Å². The van der Waals surface area contributed by atoms with Gasteiger partial charge in [-0.05, 0) is 54.2 Å². The number of hydrogen-bond acceptors (Lipinski definition) is 3. The average molecular weight is 315 g/mol. The quantitative estimate of drug-likeness (QED) is 0.929. The van der Waals surface area contributed by atoms with Crippen molar-refractivity contribution in [1.29, 1.82) is 0 Å². The highest BCUT2D eigenvalue weighted by atomic mass is 79.9. The first-order chi connectivity index (χ1) is 8.29. The molecule has 1 aromatic heterocycles. The second-order valence-electron chi connectivity index (χ2n) is 5.18. The lowest BCUT2D eigenvalue weighted by Gasteiger charge is -2.21. The summed E-state index contributed by atoms with van der Waals surface area (Å²) in [6.45, 7) is 8.09. The summed E-state index contributed by atoms with van der Waals surface area (Å²) in [5.41, 5.74) is 0.644. The molecule has 5 heteroatoms. The predicted molar refractivity (Wildman–Crippen MR) is 74.6 cm³/mol. The maximum atomic E-state index is 11.5. The van der Waals surface area contributed by atoms with Gasteiger partial charge in [-0.15, -0.1) is 0 Å². The zero-order valence-electron chi connectivity index (χ0n) is 11.2. The van der Waals surface area contributed by atoms with Crippen LogP contribution in [-0.2, 0) is 4.74 Å². The van der Waals surface area contributed by atoms with Crippen LogP contribution < -0.4 is 5.32 Å². The van der Waals surface area contributed by atoms with E-state index in [2.05, 4.69) is 26.2 Å². The van der Waals surface area contributed by atoms with Gasteiger partial charge in [0.25, 0.3) is 0 Å². The summed E-state index contributed by atoms with van der Waals surface area (Å²) in [7, 11) is 0. The van der Waals surface area contributed by atoms with E-state index in [0.29, 0.717) is 6.54 Å². The number of nitrogens with one attached hydrogen (secondary N) is 1. The zero-order chi connectivity index (χ0) is 13.8. The van der Waals surface area contributed by atoms with Gasteiger partial charge in [0.2, 0.25) is 0 Å². The first kappa shape index (κ1) is 15.0. The monoisotopic (exact) mass is 314 g/mol. The lowest BCUT2D eigenvalue weighted by atomic mass is 10.0. The number of ether oxygens (including phenoxy) is 1. The van der Waals surface area contributed by atoms with E-state index in [9.17, 15) is 4.79 Å². The highest BCUT2D eigenvalue weighted by Gasteiger charge is 2.17. The van der Waals surface area contributed by atoms with E-state index >= 15 is 0 Å². The number of amides is 1. The molecule has 1 aromatic rings. The Bertz CT molecular complexity index is 416. The minimum absolute atomic E-state index is 0.190. The molecule has 0 saturated carbocycles. The number of carbonyl (C=O) groups excluding carboxylic acids is 1. The third kappa shape index (κ3) is 5.04. The Morgan fingerprint density at radius 1 is 1.56 bits per heavy atom. The Morgan fingerprint density at radius 3 is 2.78 bits per heavy atom. The SMILES string of the molecule is CC(CNC(=O)OC(C)(C)C)c1ccncc1Br. The highest BCUT2D eigenvalue weighted by molar-refractivity contribution is 9.10. The van der Waals surface area contributed by atoms with E-state index in [1.165, 1.54) is 0 Å². The van der Waals surface area contributed by atoms with Crippen LogP contribution in [0, 0.1) is 0 Å². The summed E-state index contributed by atoms with van der Waals surface area (Å²) < 4.78 is 6.13. The molecule has 0 aliphatic heterocycles. The van der Waals surface area contributed by atoms with E-state index in [1.54, 1.807) is 12.4 Å². The average Bonchev–Trinajstić information content (AvgIpc) is 2.24. The van der Waals surface area contributed by atoms with E-state index in [4.69, 9.17) is 4.74 Å². The van der Waals surface area contributed by atoms with Crippen LogP contribution in [0.3, 0.4) is 0 Å². The van der Waals surface area contributed by atoms with E-state index in [1.807, 2.05) is 33.8 Å². The molecule has 0 aliphatic rings. The van der Waals surface area contributed by atoms with Gasteiger partial charge in [0.1, 0.15) is 5.60 Å². The first-order valence-corrected chi connectivity index (χ1v) is 6.65. The van der Waals surface area contributed by atoms with Crippen LogP contribution in [0.5, 0.6) is 0 Å². The van der Waals surface area contributed by atoms with Gasteiger partial charge in [-0.3, -0.25) is 4.98 Å². The summed E-state index contributed by atoms with van der Waals surface area (Å²) in [4.78, 5) is 15.5. The number of rotatable bonds is 3. The first-order valence-electron chi connectivity index (χ1n) is 5.86. The predicted octanol–water partition coefficient (Wildman–Crippen LogP) is 3.47. The molecule has 0 radical (unpaired) electrons. The molecule has 1 atom stereocenters. The Kier molecular flexibility index (Phi) is 5.14. The number of hydrogen-bond donors (Lipinski definition) is 1. The smallest absolute Gasteiger partial charge is 0.407 e. The highest BCUT2D eigenvalue weighted by Crippen LogP contribution is 2.23. The number of carbonyl (C=O) groups is 1. The maximum absolute atomic E-state index is 11.5. The molecule has 0 fully saturated rings. The van der Waals surface area contributed by atoms with Crippen LogP contribution in [0.1, 0.15) is 39.2 Å². The largest absolute Gasteiger partial charge is 0.444 e. The van der Waals surface area contributed by atoms with Gasteiger partial charge < -0.3 is 10.1 Å². The number of halogens is 1. The molecule has 1 N–H and O–H groups in total. The second kappa shape index (κ2) is 6.18. The van der Waals surface area contributed by atoms with Crippen LogP contribution >= 0.6 is 15.9 Å². The van der Waals surface area contributed by atoms with Gasteiger partial charge in [0.05, 0.1) is 0 Å². The van der Waals surface area contributed by atoms with Crippen LogP contribution in [0.4, 0.5) is 4.79 Å². The van der Waals surface area contributed by atoms with Gasteiger partial charge in [0, 0.05) is 23.4 Å². The van der Waals surface area contributed by atoms with Crippen molar-refractivity contribution >= 4 is 22.0 Å². The van der Waals surface area contributed by atoms with Crippen LogP contribution in [0.2, 0.25) is 0 Å². The fourth-order valence-electron chi connectivity index (χ4n) is 1.45. The van der Waals surface area contributed by atoms with E-state index < -0.39 is 5.60 Å². The van der Waals surface area contributed by atoms with Crippen molar-refractivity contribution in [2.24, 2.45) is 0 Å². The minimum Gasteiger partial charge on any atom is -0.444 e. The van der Waals surface area contributed by atoms with E-state index in [-0.39, 0.29) is 12.0 Å². The molecule has 0 saturated heterocycles. The van der Waals surface area contributed by atoms with E-state index in [0.717, 1.165) is 10.0 Å². The van der Waals surface area contributed by atoms with Gasteiger partial charge in [-0.1, -0.05) is 6.92 Å². The Hall–Kier alpha value is -1.10. The van der Waals surface area contributed by atoms with Crippen molar-refractivity contribution in [3.8, 4) is 0 Å². The normalized spacial score (nSPS) is 12.9. The third-order valence-electron chi connectivity index (χ3n) is 2.29. The fraction of sp³-hybridized carbons (Fsp3) is 0.538. The molecule has 1 amide bonds.